The van der Waals surface area contributed by atoms with Gasteiger partial charge in [-0.25, -0.2) is 0 Å². The molecule has 4 nitrogen and oxygen atoms in total. The molecule has 0 aliphatic carbocycles. The van der Waals surface area contributed by atoms with Crippen LogP contribution in [0.2, 0.25) is 0 Å². The van der Waals surface area contributed by atoms with Gasteiger partial charge in [0, 0.05) is 43.7 Å². The first-order valence-corrected chi connectivity index (χ1v) is 17.8. The minimum Gasteiger partial charge on any atom is -0.453 e. The standard InChI is InChI=1S/C48H29N3O/c1-5-15-40-34(10-1)35-11-2-6-16-41(35)50(40)33-25-26-44-39(29-33)37-13-4-7-17-42(37)49(44)32-23-20-30(21-24-32)31-22-27-46-45(28-31)51-43-18-8-3-12-36(43)38-14-9-19-47(52-46)48(38)51/h1-29H. The molecule has 12 rings (SSSR count). The van der Waals surface area contributed by atoms with Crippen molar-refractivity contribution in [2.45, 2.75) is 0 Å². The van der Waals surface area contributed by atoms with Gasteiger partial charge in [-0.2, -0.15) is 0 Å². The van der Waals surface area contributed by atoms with Gasteiger partial charge in [0.05, 0.1) is 38.8 Å². The van der Waals surface area contributed by atoms with Crippen LogP contribution in [0.1, 0.15) is 0 Å². The highest BCUT2D eigenvalue weighted by Gasteiger charge is 2.24. The van der Waals surface area contributed by atoms with Crippen LogP contribution in [0.4, 0.5) is 0 Å². The van der Waals surface area contributed by atoms with Crippen LogP contribution < -0.4 is 4.74 Å². The van der Waals surface area contributed by atoms with Crippen LogP contribution in [0.15, 0.2) is 176 Å². The predicted octanol–water partition coefficient (Wildman–Crippen LogP) is 12.8. The van der Waals surface area contributed by atoms with Crippen molar-refractivity contribution in [1.82, 2.24) is 13.7 Å². The number of fused-ring (bicyclic) bond motifs is 11. The second kappa shape index (κ2) is 10.3. The molecular weight excluding hydrogens is 635 g/mol. The predicted molar refractivity (Wildman–Crippen MR) is 215 cm³/mol. The zero-order valence-electron chi connectivity index (χ0n) is 28.0. The van der Waals surface area contributed by atoms with Gasteiger partial charge >= 0.3 is 0 Å². The average molecular weight is 664 g/mol. The third kappa shape index (κ3) is 3.70. The molecule has 0 unspecified atom stereocenters. The first kappa shape index (κ1) is 27.7. The molecule has 242 valence electrons. The highest BCUT2D eigenvalue weighted by Crippen LogP contribution is 2.46. The zero-order valence-corrected chi connectivity index (χ0v) is 28.0. The normalized spacial score (nSPS) is 12.4. The Hall–Kier alpha value is -7.04. The van der Waals surface area contributed by atoms with Gasteiger partial charge in [0.1, 0.15) is 0 Å². The van der Waals surface area contributed by atoms with Crippen LogP contribution in [0.5, 0.6) is 11.5 Å². The van der Waals surface area contributed by atoms with E-state index in [1.807, 2.05) is 0 Å². The van der Waals surface area contributed by atoms with E-state index in [9.17, 15) is 0 Å². The van der Waals surface area contributed by atoms with Crippen LogP contribution in [0.25, 0.3) is 93.6 Å². The highest BCUT2D eigenvalue weighted by atomic mass is 16.5. The number of ether oxygens (including phenoxy) is 1. The number of hydrogen-bond donors (Lipinski definition) is 0. The van der Waals surface area contributed by atoms with Crippen LogP contribution in [0.3, 0.4) is 0 Å². The van der Waals surface area contributed by atoms with Gasteiger partial charge in [0.25, 0.3) is 0 Å². The fourth-order valence-electron chi connectivity index (χ4n) is 8.78. The molecule has 0 fully saturated rings. The Morgan fingerprint density at radius 1 is 0.308 bits per heavy atom. The lowest BCUT2D eigenvalue weighted by Crippen LogP contribution is -2.04. The maximum atomic E-state index is 6.47. The lowest BCUT2D eigenvalue weighted by molar-refractivity contribution is 0.476. The maximum absolute atomic E-state index is 6.47. The summed E-state index contributed by atoms with van der Waals surface area (Å²) in [6.07, 6.45) is 0. The molecule has 0 radical (unpaired) electrons. The lowest BCUT2D eigenvalue weighted by atomic mass is 10.0. The fraction of sp³-hybridized carbons (Fsp3) is 0. The smallest absolute Gasteiger partial charge is 0.152 e. The van der Waals surface area contributed by atoms with Crippen molar-refractivity contribution in [3.8, 4) is 39.7 Å². The molecule has 0 N–H and O–H groups in total. The summed E-state index contributed by atoms with van der Waals surface area (Å²) in [7, 11) is 0. The number of nitrogens with zero attached hydrogens (tertiary/aromatic N) is 3. The van der Waals surface area contributed by atoms with Crippen molar-refractivity contribution in [1.29, 1.82) is 0 Å². The minimum atomic E-state index is 0.868. The minimum absolute atomic E-state index is 0.868. The molecule has 0 amide bonds. The first-order valence-electron chi connectivity index (χ1n) is 17.8. The molecule has 52 heavy (non-hydrogen) atoms. The Balaban J connectivity index is 0.988. The molecule has 1 aliphatic rings. The third-order valence-corrected chi connectivity index (χ3v) is 11.0. The van der Waals surface area contributed by atoms with Gasteiger partial charge in [-0.15, -0.1) is 0 Å². The number of rotatable bonds is 3. The van der Waals surface area contributed by atoms with E-state index in [1.54, 1.807) is 0 Å². The molecule has 11 aromatic rings. The van der Waals surface area contributed by atoms with Crippen molar-refractivity contribution in [3.63, 3.8) is 0 Å². The highest BCUT2D eigenvalue weighted by molar-refractivity contribution is 6.13. The maximum Gasteiger partial charge on any atom is 0.152 e. The Labute approximate surface area is 298 Å². The van der Waals surface area contributed by atoms with Gasteiger partial charge in [-0.3, -0.25) is 0 Å². The summed E-state index contributed by atoms with van der Waals surface area (Å²) in [6.45, 7) is 0. The molecule has 4 heterocycles. The summed E-state index contributed by atoms with van der Waals surface area (Å²) in [5.74, 6) is 1.76. The Morgan fingerprint density at radius 2 is 0.808 bits per heavy atom. The zero-order chi connectivity index (χ0) is 33.9. The Morgan fingerprint density at radius 3 is 1.48 bits per heavy atom. The van der Waals surface area contributed by atoms with E-state index in [-0.39, 0.29) is 0 Å². The number of benzene rings is 8. The Bertz CT molecular complexity index is 3210. The van der Waals surface area contributed by atoms with E-state index in [1.165, 1.54) is 59.9 Å². The van der Waals surface area contributed by atoms with Crippen LogP contribution in [-0.2, 0) is 0 Å². The van der Waals surface area contributed by atoms with E-state index >= 15 is 0 Å². The number of para-hydroxylation sites is 5. The molecule has 0 atom stereocenters. The topological polar surface area (TPSA) is 24.0 Å². The van der Waals surface area contributed by atoms with Crippen molar-refractivity contribution in [2.75, 3.05) is 0 Å². The summed E-state index contributed by atoms with van der Waals surface area (Å²) in [6, 6.07) is 63.5. The molecular formula is C48H29N3O. The summed E-state index contributed by atoms with van der Waals surface area (Å²) in [5, 5.41) is 7.46. The van der Waals surface area contributed by atoms with Gasteiger partial charge in [0.2, 0.25) is 0 Å². The molecule has 0 spiro atoms. The van der Waals surface area contributed by atoms with Crippen molar-refractivity contribution < 1.29 is 4.74 Å². The van der Waals surface area contributed by atoms with E-state index in [0.717, 1.165) is 45.2 Å². The van der Waals surface area contributed by atoms with E-state index in [2.05, 4.69) is 190 Å². The average Bonchev–Trinajstić information content (AvgIpc) is 3.85. The largest absolute Gasteiger partial charge is 0.453 e. The molecule has 0 saturated heterocycles. The Kier molecular flexibility index (Phi) is 5.47. The van der Waals surface area contributed by atoms with Gasteiger partial charge in [-0.05, 0) is 83.9 Å². The van der Waals surface area contributed by atoms with Crippen LogP contribution >= 0.6 is 0 Å². The van der Waals surface area contributed by atoms with Crippen molar-refractivity contribution in [2.24, 2.45) is 0 Å². The molecule has 1 aliphatic heterocycles. The molecule has 0 bridgehead atoms. The molecule has 3 aromatic heterocycles. The second-order valence-electron chi connectivity index (χ2n) is 13.8. The molecule has 4 heteroatoms. The number of aromatic nitrogens is 3. The third-order valence-electron chi connectivity index (χ3n) is 11.0. The van der Waals surface area contributed by atoms with Crippen molar-refractivity contribution in [3.05, 3.63) is 176 Å². The van der Waals surface area contributed by atoms with E-state index in [0.29, 0.717) is 0 Å². The summed E-state index contributed by atoms with van der Waals surface area (Å²) < 4.78 is 13.6. The molecule has 8 aromatic carbocycles. The fourth-order valence-corrected chi connectivity index (χ4v) is 8.78. The monoisotopic (exact) mass is 663 g/mol. The van der Waals surface area contributed by atoms with E-state index in [4.69, 9.17) is 4.74 Å². The second-order valence-corrected chi connectivity index (χ2v) is 13.8. The SMILES string of the molecule is c1ccc2c(c1)c1ccccc1n2-c1ccc2c(c1)c1ccccc1n2-c1ccc(-c2ccc3c(c2)-n2c4ccccc4c4cccc(c42)O3)cc1. The van der Waals surface area contributed by atoms with Gasteiger partial charge in [0.15, 0.2) is 11.5 Å². The van der Waals surface area contributed by atoms with Crippen molar-refractivity contribution >= 4 is 65.4 Å². The van der Waals surface area contributed by atoms with Crippen LogP contribution in [0, 0.1) is 0 Å². The van der Waals surface area contributed by atoms with E-state index < -0.39 is 0 Å². The summed E-state index contributed by atoms with van der Waals surface area (Å²) >= 11 is 0. The summed E-state index contributed by atoms with van der Waals surface area (Å²) in [4.78, 5) is 0. The van der Waals surface area contributed by atoms with Gasteiger partial charge in [-0.1, -0.05) is 103 Å². The molecule has 0 saturated carbocycles. The van der Waals surface area contributed by atoms with Gasteiger partial charge < -0.3 is 18.4 Å². The first-order chi connectivity index (χ1) is 25.8. The lowest BCUT2D eigenvalue weighted by Gasteiger charge is -2.21. The summed E-state index contributed by atoms with van der Waals surface area (Å²) in [5.41, 5.74) is 12.8. The quantitative estimate of drug-likeness (QED) is 0.185. The van der Waals surface area contributed by atoms with Crippen LogP contribution in [-0.4, -0.2) is 13.7 Å². The number of hydrogen-bond acceptors (Lipinski definition) is 1.